The molecule has 5 heterocycles. The predicted molar refractivity (Wildman–Crippen MR) is 211 cm³/mol. The van der Waals surface area contributed by atoms with E-state index in [1.165, 1.54) is 7.11 Å². The summed E-state index contributed by atoms with van der Waals surface area (Å²) < 4.78 is 49.0. The highest BCUT2D eigenvalue weighted by molar-refractivity contribution is 6.07. The third-order valence-electron chi connectivity index (χ3n) is 12.2. The highest BCUT2D eigenvalue weighted by Crippen LogP contribution is 2.40. The number of pyridine rings is 1. The van der Waals surface area contributed by atoms with Crippen LogP contribution < -0.4 is 5.32 Å². The van der Waals surface area contributed by atoms with Gasteiger partial charge in [-0.25, -0.2) is 14.0 Å². The van der Waals surface area contributed by atoms with E-state index < -0.39 is 71.8 Å². The fourth-order valence-corrected chi connectivity index (χ4v) is 8.73. The van der Waals surface area contributed by atoms with Gasteiger partial charge in [-0.05, 0) is 105 Å². The van der Waals surface area contributed by atoms with Gasteiger partial charge in [-0.15, -0.1) is 5.10 Å². The number of hydrogen-bond acceptors (Lipinski definition) is 14. The van der Waals surface area contributed by atoms with Crippen LogP contribution in [0.4, 0.5) is 9.18 Å². The summed E-state index contributed by atoms with van der Waals surface area (Å²) in [6.07, 6.45) is -0.0233. The number of aliphatic hydroxyl groups excluding tert-OH is 1. The number of cyclic esters (lactones) is 1. The Morgan fingerprint density at radius 3 is 2.47 bits per heavy atom. The molecule has 17 heteroatoms. The summed E-state index contributed by atoms with van der Waals surface area (Å²) in [5.74, 6) is -2.57. The number of nitrogens with one attached hydrogen (secondary N) is 1. The van der Waals surface area contributed by atoms with Crippen LogP contribution in [-0.4, -0.2) is 153 Å². The van der Waals surface area contributed by atoms with Gasteiger partial charge in [-0.1, -0.05) is 25.1 Å². The summed E-state index contributed by atoms with van der Waals surface area (Å²) in [5.41, 5.74) is -4.32. The molecule has 5 rings (SSSR count). The zero-order chi connectivity index (χ0) is 42.6. The zero-order valence-corrected chi connectivity index (χ0v) is 35.7. The number of halogens is 1. The normalized spacial score (nSPS) is 36.9. The van der Waals surface area contributed by atoms with Gasteiger partial charge in [0.15, 0.2) is 17.7 Å². The molecule has 16 nitrogen and oxygen atoms in total. The van der Waals surface area contributed by atoms with Gasteiger partial charge in [-0.3, -0.25) is 19.4 Å². The number of fused-ring (bicyclic) bond motifs is 1. The Balaban J connectivity index is 1.38. The molecule has 0 aromatic carbocycles. The summed E-state index contributed by atoms with van der Waals surface area (Å²) >= 11 is 0. The number of aryl methyl sites for hydroxylation is 1. The number of alkyl halides is 1. The second-order valence-corrected chi connectivity index (χ2v) is 17.1. The number of Topliss-reactive ketones (excluding diaryl/α,β-unsaturated/α-hetero) is 1. The van der Waals surface area contributed by atoms with Gasteiger partial charge in [-0.2, -0.15) is 0 Å². The van der Waals surface area contributed by atoms with Crippen LogP contribution in [0.25, 0.3) is 11.4 Å². The minimum absolute atomic E-state index is 0.0997. The van der Waals surface area contributed by atoms with Crippen molar-refractivity contribution in [1.29, 1.82) is 0 Å². The standard InChI is InChI=1S/C41H64FN7O9/c1-11-32-41(7)35(49(38(53)58-41)19-15-14-18-48-24-29(45-46-48)28-16-12-13-17-43-28)27(4)44-23-25(2)22-39(5,54-10)33(21-31(50)40(6,42)37(52)57-32)56-36-34(51)30(47(8)9)20-26(3)55-36/h12-13,16-17,24-27,30,32-36,44,51H,11,14-15,18-23H2,1-10H3/t25-,26?,27-,30?,32-,33-,34?,35-,36+,39-,40?,41-/m1/s1. The zero-order valence-electron chi connectivity index (χ0n) is 35.7. The molecule has 0 radical (unpaired) electrons. The maximum Gasteiger partial charge on any atom is 0.410 e. The number of aliphatic hydroxyl groups is 1. The van der Waals surface area contributed by atoms with Crippen molar-refractivity contribution in [2.45, 2.75) is 159 Å². The molecule has 324 valence electrons. The van der Waals surface area contributed by atoms with E-state index in [0.29, 0.717) is 51.0 Å². The van der Waals surface area contributed by atoms with Crippen molar-refractivity contribution in [3.63, 3.8) is 0 Å². The Kier molecular flexibility index (Phi) is 14.7. The Morgan fingerprint density at radius 1 is 1.09 bits per heavy atom. The van der Waals surface area contributed by atoms with Crippen molar-refractivity contribution >= 4 is 17.8 Å². The number of amides is 1. The Bertz CT molecular complexity index is 1700. The van der Waals surface area contributed by atoms with E-state index >= 15 is 4.39 Å². The Labute approximate surface area is 341 Å². The van der Waals surface area contributed by atoms with Crippen molar-refractivity contribution in [2.75, 3.05) is 34.3 Å². The highest BCUT2D eigenvalue weighted by atomic mass is 19.1. The molecular formula is C41H64FN7O9. The van der Waals surface area contributed by atoms with Gasteiger partial charge in [0.05, 0.1) is 35.7 Å². The third-order valence-corrected chi connectivity index (χ3v) is 12.2. The molecule has 2 aromatic heterocycles. The first-order valence-corrected chi connectivity index (χ1v) is 20.5. The number of carbonyl (C=O) groups excluding carboxylic acids is 3. The lowest BCUT2D eigenvalue weighted by Gasteiger charge is -2.45. The van der Waals surface area contributed by atoms with E-state index in [1.807, 2.05) is 64.2 Å². The predicted octanol–water partition coefficient (Wildman–Crippen LogP) is 3.94. The van der Waals surface area contributed by atoms with Crippen LogP contribution in [0, 0.1) is 5.92 Å². The topological polar surface area (TPSA) is 180 Å². The van der Waals surface area contributed by atoms with Crippen LogP contribution in [0.1, 0.15) is 87.0 Å². The molecule has 2 aromatic rings. The number of ketones is 1. The van der Waals surface area contributed by atoms with E-state index in [1.54, 1.807) is 36.5 Å². The van der Waals surface area contributed by atoms with Gasteiger partial charge >= 0.3 is 12.1 Å². The number of rotatable bonds is 11. The molecule has 3 saturated heterocycles. The number of esters is 1. The van der Waals surface area contributed by atoms with Crippen molar-refractivity contribution in [1.82, 2.24) is 35.1 Å². The quantitative estimate of drug-likeness (QED) is 0.189. The van der Waals surface area contributed by atoms with Crippen molar-refractivity contribution in [3.8, 4) is 11.4 Å². The number of likely N-dealkylation sites (N-methyl/N-ethyl adjacent to an activating group) is 1. The molecule has 0 bridgehead atoms. The molecule has 2 N–H and O–H groups in total. The van der Waals surface area contributed by atoms with Crippen LogP contribution in [0.2, 0.25) is 0 Å². The van der Waals surface area contributed by atoms with Crippen LogP contribution in [0.3, 0.4) is 0 Å². The Hall–Kier alpha value is -3.61. The monoisotopic (exact) mass is 817 g/mol. The minimum atomic E-state index is -3.10. The first-order valence-electron chi connectivity index (χ1n) is 20.5. The molecule has 12 atom stereocenters. The first kappa shape index (κ1) is 45.5. The molecule has 1 amide bonds. The average molecular weight is 818 g/mol. The number of unbranched alkanes of at least 4 members (excludes halogenated alkanes) is 1. The number of hydrogen-bond donors (Lipinski definition) is 2. The van der Waals surface area contributed by atoms with Crippen molar-refractivity contribution in [2.24, 2.45) is 5.92 Å². The number of methoxy groups -OCH3 is 1. The molecule has 58 heavy (non-hydrogen) atoms. The van der Waals surface area contributed by atoms with Gasteiger partial charge in [0, 0.05) is 44.9 Å². The summed E-state index contributed by atoms with van der Waals surface area (Å²) in [7, 11) is 5.19. The lowest BCUT2D eigenvalue weighted by atomic mass is 9.83. The summed E-state index contributed by atoms with van der Waals surface area (Å²) in [5, 5.41) is 23.4. The second kappa shape index (κ2) is 18.8. The molecule has 4 unspecified atom stereocenters. The smallest absolute Gasteiger partial charge is 0.410 e. The third kappa shape index (κ3) is 9.87. The van der Waals surface area contributed by atoms with Crippen molar-refractivity contribution in [3.05, 3.63) is 30.6 Å². The summed E-state index contributed by atoms with van der Waals surface area (Å²) in [4.78, 5) is 49.4. The lowest BCUT2D eigenvalue weighted by Crippen LogP contribution is -2.61. The molecule has 0 saturated carbocycles. The number of ether oxygens (including phenoxy) is 5. The summed E-state index contributed by atoms with van der Waals surface area (Å²) in [6.45, 7) is 13.3. The van der Waals surface area contributed by atoms with E-state index in [0.717, 1.165) is 12.6 Å². The van der Waals surface area contributed by atoms with E-state index in [-0.39, 0.29) is 30.5 Å². The number of carbonyl (C=O) groups is 3. The number of aromatic nitrogens is 4. The molecule has 0 spiro atoms. The highest BCUT2D eigenvalue weighted by Gasteiger charge is 2.59. The summed E-state index contributed by atoms with van der Waals surface area (Å²) in [6, 6.07) is 4.26. The molecule has 3 fully saturated rings. The van der Waals surface area contributed by atoms with Crippen LogP contribution in [0.15, 0.2) is 30.6 Å². The van der Waals surface area contributed by atoms with Gasteiger partial charge < -0.3 is 39.0 Å². The fraction of sp³-hybridized carbons (Fsp3) is 0.756. The molecule has 3 aliphatic rings. The largest absolute Gasteiger partial charge is 0.455 e. The first-order chi connectivity index (χ1) is 27.3. The maximum atomic E-state index is 16.7. The van der Waals surface area contributed by atoms with E-state index in [4.69, 9.17) is 23.7 Å². The van der Waals surface area contributed by atoms with Crippen LogP contribution in [-0.2, 0) is 39.8 Å². The van der Waals surface area contributed by atoms with Gasteiger partial charge in [0.1, 0.15) is 17.9 Å². The fourth-order valence-electron chi connectivity index (χ4n) is 8.73. The van der Waals surface area contributed by atoms with Crippen LogP contribution >= 0.6 is 0 Å². The molecule has 0 aliphatic carbocycles. The lowest BCUT2D eigenvalue weighted by molar-refractivity contribution is -0.289. The SMILES string of the molecule is CC[C@H]1OC(=O)C(C)(F)C(=O)C[C@@H](O[C@@H]2OC(C)CC(N(C)C)C2O)[C@](C)(OC)C[C@@H](C)CN[C@H](C)[C@H]2N(CCCCn3cc(-c4ccccn4)nn3)C(=O)O[C@]12C. The van der Waals surface area contributed by atoms with Gasteiger partial charge in [0.25, 0.3) is 5.67 Å². The van der Waals surface area contributed by atoms with E-state index in [9.17, 15) is 19.5 Å². The van der Waals surface area contributed by atoms with Crippen molar-refractivity contribution < 1.29 is 47.6 Å². The number of nitrogens with zero attached hydrogens (tertiary/aromatic N) is 6. The molecule has 3 aliphatic heterocycles. The molecular weight excluding hydrogens is 753 g/mol. The second-order valence-electron chi connectivity index (χ2n) is 17.1. The van der Waals surface area contributed by atoms with Crippen LogP contribution in [0.5, 0.6) is 0 Å². The Morgan fingerprint density at radius 2 is 1.81 bits per heavy atom. The van der Waals surface area contributed by atoms with E-state index in [2.05, 4.69) is 20.6 Å². The maximum absolute atomic E-state index is 16.7. The average Bonchev–Trinajstić information content (AvgIpc) is 3.76. The van der Waals surface area contributed by atoms with Gasteiger partial charge in [0.2, 0.25) is 0 Å². The minimum Gasteiger partial charge on any atom is -0.455 e.